The molecule has 0 fully saturated rings. The van der Waals surface area contributed by atoms with Crippen LogP contribution in [0.3, 0.4) is 0 Å². The number of carbonyl (C=O) groups is 2. The number of fused-ring (bicyclic) bond motifs is 2. The van der Waals surface area contributed by atoms with Crippen LogP contribution in [0.15, 0.2) is 72.8 Å². The zero-order valence-electron chi connectivity index (χ0n) is 35.9. The lowest BCUT2D eigenvalue weighted by molar-refractivity contribution is 0.235. The van der Waals surface area contributed by atoms with E-state index in [0.29, 0.717) is 39.4 Å². The van der Waals surface area contributed by atoms with Crippen LogP contribution in [0.1, 0.15) is 142 Å². The molecule has 0 bridgehead atoms. The number of carbonyl (C=O) groups excluding carboxylic acids is 2. The second-order valence-electron chi connectivity index (χ2n) is 15.7. The first-order valence-electron chi connectivity index (χ1n) is 22.9. The van der Waals surface area contributed by atoms with Crippen molar-refractivity contribution in [1.29, 1.82) is 0 Å². The maximum Gasteiger partial charge on any atom is 0.314 e. The summed E-state index contributed by atoms with van der Waals surface area (Å²) < 4.78 is 12.9. The van der Waals surface area contributed by atoms with Crippen molar-refractivity contribution in [2.75, 3.05) is 39.4 Å². The fraction of sp³-hybridized carbons (Fsp3) is 0.560. The lowest BCUT2D eigenvalue weighted by Gasteiger charge is -2.20. The Morgan fingerprint density at radius 2 is 0.724 bits per heavy atom. The summed E-state index contributed by atoms with van der Waals surface area (Å²) >= 11 is 0. The molecule has 0 aliphatic heterocycles. The van der Waals surface area contributed by atoms with Crippen LogP contribution in [0, 0.1) is 0 Å². The van der Waals surface area contributed by atoms with Gasteiger partial charge in [0.05, 0.1) is 13.1 Å². The van der Waals surface area contributed by atoms with Gasteiger partial charge in [0.1, 0.15) is 24.7 Å². The normalized spacial score (nSPS) is 11.1. The molecule has 0 aromatic heterocycles. The minimum Gasteiger partial charge on any atom is -0.491 e. The molecule has 0 atom stereocenters. The van der Waals surface area contributed by atoms with Gasteiger partial charge in [-0.3, -0.25) is 0 Å². The molecule has 0 spiro atoms. The maximum absolute atomic E-state index is 12.6. The van der Waals surface area contributed by atoms with Gasteiger partial charge in [0.2, 0.25) is 0 Å². The van der Waals surface area contributed by atoms with Crippen LogP contribution in [0.25, 0.3) is 32.7 Å². The van der Waals surface area contributed by atoms with Crippen molar-refractivity contribution >= 4 is 33.6 Å². The number of amides is 4. The Labute approximate surface area is 350 Å². The highest BCUT2D eigenvalue weighted by atomic mass is 16.5. The third-order valence-corrected chi connectivity index (χ3v) is 11.0. The smallest absolute Gasteiger partial charge is 0.314 e. The molecule has 0 saturated heterocycles. The summed E-state index contributed by atoms with van der Waals surface area (Å²) in [6, 6.07) is 24.4. The van der Waals surface area contributed by atoms with Gasteiger partial charge in [-0.2, -0.15) is 0 Å². The number of hydrogen-bond acceptors (Lipinski definition) is 4. The molecule has 58 heavy (non-hydrogen) atoms. The van der Waals surface area contributed by atoms with Crippen LogP contribution < -0.4 is 30.7 Å². The standard InChI is InChI=1S/C50H74N4O4/c1-3-5-7-9-11-13-15-17-19-25-35-51-49(55)53-37-39-57-45-33-31-41-27-21-23-29-43(41)47(45)48-44-30-24-22-28-42(44)32-34-46(48)58-40-38-54-50(56)52-36-26-20-18-16-14-12-10-8-6-4-2/h21-24,27-34H,3-20,25-26,35-40H2,1-2H3,(H2,51,53,55)(H2,52,54,56). The second-order valence-corrected chi connectivity index (χ2v) is 15.7. The minimum absolute atomic E-state index is 0.163. The number of hydrogen-bond donors (Lipinski definition) is 4. The molecule has 0 aliphatic rings. The maximum atomic E-state index is 12.6. The number of urea groups is 2. The topological polar surface area (TPSA) is 101 Å². The Morgan fingerprint density at radius 3 is 1.10 bits per heavy atom. The average Bonchev–Trinajstić information content (AvgIpc) is 3.24. The van der Waals surface area contributed by atoms with Crippen molar-refractivity contribution in [1.82, 2.24) is 21.3 Å². The Hall–Kier alpha value is -4.46. The summed E-state index contributed by atoms with van der Waals surface area (Å²) in [7, 11) is 0. The minimum atomic E-state index is -0.163. The molecule has 4 N–H and O–H groups in total. The highest BCUT2D eigenvalue weighted by Crippen LogP contribution is 2.45. The fourth-order valence-electron chi connectivity index (χ4n) is 7.66. The summed E-state index contributed by atoms with van der Waals surface area (Å²) in [5, 5.41) is 16.2. The molecule has 0 unspecified atom stereocenters. The van der Waals surface area contributed by atoms with E-state index in [1.165, 1.54) is 103 Å². The van der Waals surface area contributed by atoms with E-state index in [1.807, 2.05) is 36.4 Å². The van der Waals surface area contributed by atoms with Crippen LogP contribution >= 0.6 is 0 Å². The lowest BCUT2D eigenvalue weighted by Crippen LogP contribution is -2.38. The van der Waals surface area contributed by atoms with E-state index in [1.54, 1.807) is 0 Å². The van der Waals surface area contributed by atoms with E-state index in [2.05, 4.69) is 71.5 Å². The Morgan fingerprint density at radius 1 is 0.397 bits per heavy atom. The Kier molecular flexibility index (Phi) is 23.0. The van der Waals surface area contributed by atoms with Crippen molar-refractivity contribution in [3.05, 3.63) is 72.8 Å². The first kappa shape index (κ1) is 46.2. The first-order chi connectivity index (χ1) is 28.6. The monoisotopic (exact) mass is 795 g/mol. The molecule has 8 nitrogen and oxygen atoms in total. The molecule has 4 amide bonds. The quantitative estimate of drug-likeness (QED) is 0.0381. The van der Waals surface area contributed by atoms with Gasteiger partial charge >= 0.3 is 12.1 Å². The van der Waals surface area contributed by atoms with Gasteiger partial charge in [-0.1, -0.05) is 190 Å². The van der Waals surface area contributed by atoms with E-state index in [-0.39, 0.29) is 12.1 Å². The molecule has 4 rings (SSSR count). The summed E-state index contributed by atoms with van der Waals surface area (Å²) in [5.41, 5.74) is 1.88. The number of benzene rings is 4. The average molecular weight is 795 g/mol. The molecule has 318 valence electrons. The summed E-state index contributed by atoms with van der Waals surface area (Å²) in [6.45, 7) is 7.27. The van der Waals surface area contributed by atoms with Gasteiger partial charge in [-0.15, -0.1) is 0 Å². The van der Waals surface area contributed by atoms with E-state index >= 15 is 0 Å². The van der Waals surface area contributed by atoms with Crippen molar-refractivity contribution in [3.8, 4) is 22.6 Å². The fourth-order valence-corrected chi connectivity index (χ4v) is 7.66. The van der Waals surface area contributed by atoms with Crippen LogP contribution in [0.2, 0.25) is 0 Å². The highest BCUT2D eigenvalue weighted by molar-refractivity contribution is 6.09. The SMILES string of the molecule is CCCCCCCCCCCCNC(=O)NCCOc1ccc2ccccc2c1-c1c(OCCNC(=O)NCCCCCCCCCCCC)ccc2ccccc12. The molecule has 0 radical (unpaired) electrons. The predicted molar refractivity (Wildman–Crippen MR) is 244 cm³/mol. The van der Waals surface area contributed by atoms with E-state index in [4.69, 9.17) is 9.47 Å². The first-order valence-corrected chi connectivity index (χ1v) is 22.9. The number of nitrogens with one attached hydrogen (secondary N) is 4. The molecular weight excluding hydrogens is 721 g/mol. The summed E-state index contributed by atoms with van der Waals surface area (Å²) in [5.74, 6) is 1.44. The second kappa shape index (κ2) is 28.9. The van der Waals surface area contributed by atoms with Gasteiger partial charge < -0.3 is 30.7 Å². The van der Waals surface area contributed by atoms with Gasteiger partial charge in [0.25, 0.3) is 0 Å². The number of unbranched alkanes of at least 4 members (excludes halogenated alkanes) is 18. The molecule has 0 saturated carbocycles. The van der Waals surface area contributed by atoms with Crippen LogP contribution in [0.5, 0.6) is 11.5 Å². The summed E-state index contributed by atoms with van der Waals surface area (Å²) in [6.07, 6.45) is 25.4. The van der Waals surface area contributed by atoms with Crippen molar-refractivity contribution < 1.29 is 19.1 Å². The van der Waals surface area contributed by atoms with Crippen molar-refractivity contribution in [2.24, 2.45) is 0 Å². The van der Waals surface area contributed by atoms with Crippen molar-refractivity contribution in [2.45, 2.75) is 142 Å². The number of rotatable bonds is 31. The third-order valence-electron chi connectivity index (χ3n) is 11.0. The van der Waals surface area contributed by atoms with E-state index in [9.17, 15) is 9.59 Å². The molecule has 0 aliphatic carbocycles. The van der Waals surface area contributed by atoms with E-state index in [0.717, 1.165) is 69.9 Å². The molecule has 4 aromatic rings. The largest absolute Gasteiger partial charge is 0.491 e. The highest BCUT2D eigenvalue weighted by Gasteiger charge is 2.19. The van der Waals surface area contributed by atoms with Gasteiger partial charge in [-0.25, -0.2) is 9.59 Å². The molecule has 0 heterocycles. The lowest BCUT2D eigenvalue weighted by atomic mass is 9.92. The van der Waals surface area contributed by atoms with Crippen LogP contribution in [0.4, 0.5) is 9.59 Å². The zero-order valence-corrected chi connectivity index (χ0v) is 35.9. The summed E-state index contributed by atoms with van der Waals surface area (Å²) in [4.78, 5) is 25.1. The molecular formula is C50H74N4O4. The van der Waals surface area contributed by atoms with E-state index < -0.39 is 0 Å². The Bertz CT molecular complexity index is 1620. The van der Waals surface area contributed by atoms with Gasteiger partial charge in [0.15, 0.2) is 0 Å². The van der Waals surface area contributed by atoms with Crippen LogP contribution in [-0.4, -0.2) is 51.5 Å². The molecule has 8 heteroatoms. The van der Waals surface area contributed by atoms with Crippen molar-refractivity contribution in [3.63, 3.8) is 0 Å². The molecule has 4 aromatic carbocycles. The Balaban J connectivity index is 1.26. The third kappa shape index (κ3) is 17.2. The number of ether oxygens (including phenoxy) is 2. The predicted octanol–water partition coefficient (Wildman–Crippen LogP) is 12.9. The van der Waals surface area contributed by atoms with Crippen LogP contribution in [-0.2, 0) is 0 Å². The van der Waals surface area contributed by atoms with Gasteiger partial charge in [-0.05, 0) is 46.5 Å². The zero-order chi connectivity index (χ0) is 40.9. The van der Waals surface area contributed by atoms with Gasteiger partial charge in [0, 0.05) is 24.2 Å².